The highest BCUT2D eigenvalue weighted by Crippen LogP contribution is 2.25. The van der Waals surface area contributed by atoms with Crippen LogP contribution in [0.25, 0.3) is 0 Å². The maximum Gasteiger partial charge on any atom is 0.227 e. The van der Waals surface area contributed by atoms with E-state index in [1.54, 1.807) is 11.9 Å². The molecule has 0 heterocycles. The SMILES string of the molecule is CC(C)Sc1ccc(N(C)C(=O)CCN)cc1. The van der Waals surface area contributed by atoms with E-state index in [1.165, 1.54) is 4.90 Å². The number of carbonyl (C=O) groups excluding carboxylic acids is 1. The van der Waals surface area contributed by atoms with Gasteiger partial charge < -0.3 is 10.6 Å². The number of anilines is 1. The Kier molecular flexibility index (Phi) is 5.51. The summed E-state index contributed by atoms with van der Waals surface area (Å²) >= 11 is 1.81. The molecule has 17 heavy (non-hydrogen) atoms. The smallest absolute Gasteiger partial charge is 0.227 e. The lowest BCUT2D eigenvalue weighted by Gasteiger charge is -2.17. The molecule has 0 bridgehead atoms. The second-order valence-electron chi connectivity index (χ2n) is 4.15. The van der Waals surface area contributed by atoms with E-state index >= 15 is 0 Å². The van der Waals surface area contributed by atoms with Crippen molar-refractivity contribution >= 4 is 23.4 Å². The van der Waals surface area contributed by atoms with Crippen LogP contribution in [0.4, 0.5) is 5.69 Å². The number of amides is 1. The minimum atomic E-state index is 0.0526. The molecule has 0 aliphatic heterocycles. The van der Waals surface area contributed by atoms with Crippen molar-refractivity contribution in [2.24, 2.45) is 5.73 Å². The Bertz CT molecular complexity index is 362. The van der Waals surface area contributed by atoms with Crippen LogP contribution < -0.4 is 10.6 Å². The van der Waals surface area contributed by atoms with E-state index in [-0.39, 0.29) is 5.91 Å². The van der Waals surface area contributed by atoms with Crippen LogP contribution >= 0.6 is 11.8 Å². The van der Waals surface area contributed by atoms with Gasteiger partial charge in [0, 0.05) is 35.8 Å². The predicted octanol–water partition coefficient (Wildman–Crippen LogP) is 2.50. The first kappa shape index (κ1) is 14.1. The van der Waals surface area contributed by atoms with Gasteiger partial charge in [0.15, 0.2) is 0 Å². The van der Waals surface area contributed by atoms with Gasteiger partial charge in [-0.25, -0.2) is 0 Å². The van der Waals surface area contributed by atoms with E-state index in [4.69, 9.17) is 5.73 Å². The Morgan fingerprint density at radius 3 is 2.41 bits per heavy atom. The molecule has 1 aromatic rings. The largest absolute Gasteiger partial charge is 0.330 e. The van der Waals surface area contributed by atoms with Crippen molar-refractivity contribution in [1.29, 1.82) is 0 Å². The summed E-state index contributed by atoms with van der Waals surface area (Å²) in [6.07, 6.45) is 0.388. The zero-order valence-electron chi connectivity index (χ0n) is 10.6. The quantitative estimate of drug-likeness (QED) is 0.819. The summed E-state index contributed by atoms with van der Waals surface area (Å²) in [6, 6.07) is 8.04. The number of hydrogen-bond donors (Lipinski definition) is 1. The summed E-state index contributed by atoms with van der Waals surface area (Å²) in [5.41, 5.74) is 6.29. The molecule has 1 aromatic carbocycles. The molecule has 0 saturated heterocycles. The molecule has 0 aliphatic carbocycles. The lowest BCUT2D eigenvalue weighted by atomic mass is 10.2. The van der Waals surface area contributed by atoms with E-state index in [0.717, 1.165) is 5.69 Å². The van der Waals surface area contributed by atoms with Gasteiger partial charge in [-0.1, -0.05) is 13.8 Å². The molecular formula is C13H20N2OS. The molecule has 0 spiro atoms. The molecule has 0 radical (unpaired) electrons. The van der Waals surface area contributed by atoms with Crippen LogP contribution in [0.5, 0.6) is 0 Å². The number of benzene rings is 1. The van der Waals surface area contributed by atoms with E-state index in [9.17, 15) is 4.79 Å². The number of rotatable bonds is 5. The highest BCUT2D eigenvalue weighted by Gasteiger charge is 2.09. The lowest BCUT2D eigenvalue weighted by molar-refractivity contribution is -0.118. The molecule has 0 aliphatic rings. The standard InChI is InChI=1S/C13H20N2OS/c1-10(2)17-12-6-4-11(5-7-12)15(3)13(16)8-9-14/h4-7,10H,8-9,14H2,1-3H3. The van der Waals surface area contributed by atoms with Crippen molar-refractivity contribution < 1.29 is 4.79 Å². The van der Waals surface area contributed by atoms with Crippen LogP contribution in [-0.2, 0) is 4.79 Å². The van der Waals surface area contributed by atoms with Crippen molar-refractivity contribution in [1.82, 2.24) is 0 Å². The van der Waals surface area contributed by atoms with Crippen LogP contribution in [0.15, 0.2) is 29.2 Å². The van der Waals surface area contributed by atoms with E-state index in [2.05, 4.69) is 13.8 Å². The van der Waals surface area contributed by atoms with Crippen molar-refractivity contribution in [2.75, 3.05) is 18.5 Å². The second-order valence-corrected chi connectivity index (χ2v) is 5.80. The Balaban J connectivity index is 2.70. The normalized spacial score (nSPS) is 10.6. The highest BCUT2D eigenvalue weighted by molar-refractivity contribution is 7.99. The fraction of sp³-hybridized carbons (Fsp3) is 0.462. The van der Waals surface area contributed by atoms with Gasteiger partial charge in [0.1, 0.15) is 0 Å². The average Bonchev–Trinajstić information content (AvgIpc) is 2.28. The van der Waals surface area contributed by atoms with Crippen LogP contribution in [0.1, 0.15) is 20.3 Å². The van der Waals surface area contributed by atoms with Gasteiger partial charge in [-0.3, -0.25) is 4.79 Å². The first-order valence-corrected chi connectivity index (χ1v) is 6.66. The maximum absolute atomic E-state index is 11.6. The van der Waals surface area contributed by atoms with Crippen LogP contribution in [0.2, 0.25) is 0 Å². The van der Waals surface area contributed by atoms with Gasteiger partial charge in [-0.2, -0.15) is 0 Å². The molecule has 3 nitrogen and oxygen atoms in total. The van der Waals surface area contributed by atoms with E-state index in [0.29, 0.717) is 18.2 Å². The van der Waals surface area contributed by atoms with Crippen molar-refractivity contribution in [3.8, 4) is 0 Å². The second kappa shape index (κ2) is 6.67. The summed E-state index contributed by atoms with van der Waals surface area (Å²) < 4.78 is 0. The monoisotopic (exact) mass is 252 g/mol. The third kappa shape index (κ3) is 4.40. The third-order valence-electron chi connectivity index (χ3n) is 2.33. The molecule has 0 saturated carbocycles. The van der Waals surface area contributed by atoms with Gasteiger partial charge in [-0.15, -0.1) is 11.8 Å². The Morgan fingerprint density at radius 1 is 1.35 bits per heavy atom. The zero-order chi connectivity index (χ0) is 12.8. The van der Waals surface area contributed by atoms with E-state index in [1.807, 2.05) is 36.0 Å². The van der Waals surface area contributed by atoms with Crippen LogP contribution in [0.3, 0.4) is 0 Å². The van der Waals surface area contributed by atoms with Crippen LogP contribution in [-0.4, -0.2) is 24.7 Å². The first-order valence-electron chi connectivity index (χ1n) is 5.78. The summed E-state index contributed by atoms with van der Waals surface area (Å²) in [4.78, 5) is 14.5. The number of carbonyl (C=O) groups is 1. The Labute approximate surface area is 107 Å². The minimum absolute atomic E-state index is 0.0526. The Morgan fingerprint density at radius 2 is 1.94 bits per heavy atom. The fourth-order valence-electron chi connectivity index (χ4n) is 1.46. The number of hydrogen-bond acceptors (Lipinski definition) is 3. The number of thioether (sulfide) groups is 1. The summed E-state index contributed by atoms with van der Waals surface area (Å²) in [6.45, 7) is 4.72. The topological polar surface area (TPSA) is 46.3 Å². The molecule has 4 heteroatoms. The van der Waals surface area contributed by atoms with Gasteiger partial charge in [0.05, 0.1) is 0 Å². The van der Waals surface area contributed by atoms with E-state index < -0.39 is 0 Å². The molecule has 0 fully saturated rings. The summed E-state index contributed by atoms with van der Waals surface area (Å²) in [5.74, 6) is 0.0526. The number of nitrogens with zero attached hydrogens (tertiary/aromatic N) is 1. The molecule has 0 atom stereocenters. The lowest BCUT2D eigenvalue weighted by Crippen LogP contribution is -2.27. The first-order chi connectivity index (χ1) is 8.04. The van der Waals surface area contributed by atoms with Crippen molar-refractivity contribution in [3.63, 3.8) is 0 Å². The molecule has 94 valence electrons. The minimum Gasteiger partial charge on any atom is -0.330 e. The zero-order valence-corrected chi connectivity index (χ0v) is 11.5. The maximum atomic E-state index is 11.6. The van der Waals surface area contributed by atoms with Gasteiger partial charge in [0.25, 0.3) is 0 Å². The molecule has 1 rings (SSSR count). The molecule has 0 unspecified atom stereocenters. The fourth-order valence-corrected chi connectivity index (χ4v) is 2.29. The molecule has 0 aromatic heterocycles. The molecule has 2 N–H and O–H groups in total. The highest BCUT2D eigenvalue weighted by atomic mass is 32.2. The summed E-state index contributed by atoms with van der Waals surface area (Å²) in [7, 11) is 1.78. The van der Waals surface area contributed by atoms with Crippen molar-refractivity contribution in [2.45, 2.75) is 30.4 Å². The van der Waals surface area contributed by atoms with Crippen molar-refractivity contribution in [3.05, 3.63) is 24.3 Å². The number of nitrogens with two attached hydrogens (primary N) is 1. The molecular weight excluding hydrogens is 232 g/mol. The third-order valence-corrected chi connectivity index (χ3v) is 3.34. The summed E-state index contributed by atoms with van der Waals surface area (Å²) in [5, 5.41) is 0.567. The predicted molar refractivity (Wildman–Crippen MR) is 74.5 cm³/mol. The van der Waals surface area contributed by atoms with Gasteiger partial charge in [0.2, 0.25) is 5.91 Å². The van der Waals surface area contributed by atoms with Gasteiger partial charge >= 0.3 is 0 Å². The van der Waals surface area contributed by atoms with Gasteiger partial charge in [-0.05, 0) is 24.3 Å². The average molecular weight is 252 g/mol. The Hall–Kier alpha value is -1.00. The molecule has 1 amide bonds. The van der Waals surface area contributed by atoms with Crippen LogP contribution in [0, 0.1) is 0 Å².